The lowest BCUT2D eigenvalue weighted by molar-refractivity contribution is -0.119. The molecule has 1 heterocycles. The second-order valence-electron chi connectivity index (χ2n) is 8.77. The number of carbonyl (C=O) groups is 3. The molecule has 0 saturated heterocycles. The number of hydrogen-bond acceptors (Lipinski definition) is 6. The Hall–Kier alpha value is -4.59. The lowest BCUT2D eigenvalue weighted by Crippen LogP contribution is -2.21. The van der Waals surface area contributed by atoms with E-state index in [4.69, 9.17) is 9.47 Å². The van der Waals surface area contributed by atoms with Crippen LogP contribution in [0, 0.1) is 11.7 Å². The Morgan fingerprint density at radius 1 is 0.892 bits per heavy atom. The first-order chi connectivity index (χ1) is 17.8. The van der Waals surface area contributed by atoms with Crippen molar-refractivity contribution in [3.63, 3.8) is 0 Å². The van der Waals surface area contributed by atoms with Gasteiger partial charge in [0.25, 0.3) is 5.91 Å². The molecule has 7 nitrogen and oxygen atoms in total. The van der Waals surface area contributed by atoms with Crippen molar-refractivity contribution in [2.75, 3.05) is 18.5 Å². The Balaban J connectivity index is 1.42. The molecule has 0 aliphatic heterocycles. The van der Waals surface area contributed by atoms with E-state index in [9.17, 15) is 18.8 Å². The number of hydrogen-bond donors (Lipinski definition) is 1. The van der Waals surface area contributed by atoms with E-state index in [0.29, 0.717) is 40.0 Å². The highest BCUT2D eigenvalue weighted by Gasteiger charge is 2.17. The van der Waals surface area contributed by atoms with Crippen LogP contribution in [0.1, 0.15) is 34.6 Å². The summed E-state index contributed by atoms with van der Waals surface area (Å²) in [7, 11) is 0. The maximum Gasteiger partial charge on any atom is 0.339 e. The molecule has 0 aliphatic rings. The summed E-state index contributed by atoms with van der Waals surface area (Å²) in [5.74, 6) is -1.83. The molecule has 0 fully saturated rings. The van der Waals surface area contributed by atoms with Crippen LogP contribution in [-0.4, -0.2) is 36.0 Å². The fourth-order valence-electron chi connectivity index (χ4n) is 3.53. The first-order valence-corrected chi connectivity index (χ1v) is 11.7. The van der Waals surface area contributed by atoms with Gasteiger partial charge in [0.15, 0.2) is 6.61 Å². The molecule has 1 N–H and O–H groups in total. The second-order valence-corrected chi connectivity index (χ2v) is 8.77. The fourth-order valence-corrected chi connectivity index (χ4v) is 3.53. The number of anilines is 1. The standard InChI is InChI=1S/C29H25FN2O5/c1-18(2)16-36-28(34)20-9-13-22(14-10-20)31-27(33)17-37-29(35)24-15-26(19-7-11-21(30)12-8-19)32-25-6-4-3-5-23(24)25/h3-15,18H,16-17H2,1-2H3,(H,31,33). The summed E-state index contributed by atoms with van der Waals surface area (Å²) in [5, 5.41) is 3.20. The molecule has 8 heteroatoms. The third-order valence-corrected chi connectivity index (χ3v) is 5.36. The Morgan fingerprint density at radius 3 is 2.30 bits per heavy atom. The maximum atomic E-state index is 13.4. The van der Waals surface area contributed by atoms with E-state index in [1.807, 2.05) is 13.8 Å². The molecule has 188 valence electrons. The molecule has 4 aromatic rings. The van der Waals surface area contributed by atoms with Crippen molar-refractivity contribution in [3.8, 4) is 11.3 Å². The normalized spacial score (nSPS) is 10.8. The van der Waals surface area contributed by atoms with Crippen molar-refractivity contribution in [1.82, 2.24) is 4.98 Å². The van der Waals surface area contributed by atoms with Crippen LogP contribution in [-0.2, 0) is 14.3 Å². The van der Waals surface area contributed by atoms with Gasteiger partial charge in [-0.3, -0.25) is 4.79 Å². The average molecular weight is 501 g/mol. The minimum Gasteiger partial charge on any atom is -0.462 e. The lowest BCUT2D eigenvalue weighted by atomic mass is 10.0. The molecule has 4 rings (SSSR count). The Kier molecular flexibility index (Phi) is 7.88. The zero-order valence-corrected chi connectivity index (χ0v) is 20.4. The molecule has 37 heavy (non-hydrogen) atoms. The van der Waals surface area contributed by atoms with E-state index in [0.717, 1.165) is 0 Å². The summed E-state index contributed by atoms with van der Waals surface area (Å²) in [6, 6.07) is 20.6. The van der Waals surface area contributed by atoms with Crippen molar-refractivity contribution in [2.45, 2.75) is 13.8 Å². The first-order valence-electron chi connectivity index (χ1n) is 11.7. The van der Waals surface area contributed by atoms with Crippen molar-refractivity contribution in [1.29, 1.82) is 0 Å². The van der Waals surface area contributed by atoms with E-state index in [1.54, 1.807) is 66.7 Å². The fraction of sp³-hybridized carbons (Fsp3) is 0.172. The summed E-state index contributed by atoms with van der Waals surface area (Å²) in [6.07, 6.45) is 0. The van der Waals surface area contributed by atoms with Crippen molar-refractivity contribution < 1.29 is 28.2 Å². The molecule has 1 amide bonds. The number of carbonyl (C=O) groups excluding carboxylic acids is 3. The summed E-state index contributed by atoms with van der Waals surface area (Å²) in [6.45, 7) is 3.70. The van der Waals surface area contributed by atoms with E-state index in [2.05, 4.69) is 10.3 Å². The van der Waals surface area contributed by atoms with Crippen LogP contribution in [0.2, 0.25) is 0 Å². The SMILES string of the molecule is CC(C)COC(=O)c1ccc(NC(=O)COC(=O)c2cc(-c3ccc(F)cc3)nc3ccccc23)cc1. The van der Waals surface area contributed by atoms with Crippen LogP contribution in [0.5, 0.6) is 0 Å². The van der Waals surface area contributed by atoms with Gasteiger partial charge in [0.05, 0.1) is 28.9 Å². The quantitative estimate of drug-likeness (QED) is 0.314. The molecule has 0 aliphatic carbocycles. The van der Waals surface area contributed by atoms with Gasteiger partial charge in [-0.25, -0.2) is 19.0 Å². The third kappa shape index (κ3) is 6.55. The average Bonchev–Trinajstić information content (AvgIpc) is 2.90. The topological polar surface area (TPSA) is 94.6 Å². The van der Waals surface area contributed by atoms with E-state index < -0.39 is 24.5 Å². The minimum absolute atomic E-state index is 0.227. The first kappa shape index (κ1) is 25.5. The summed E-state index contributed by atoms with van der Waals surface area (Å²) >= 11 is 0. The summed E-state index contributed by atoms with van der Waals surface area (Å²) in [4.78, 5) is 41.9. The lowest BCUT2D eigenvalue weighted by Gasteiger charge is -2.11. The Morgan fingerprint density at radius 2 is 1.59 bits per heavy atom. The number of nitrogens with one attached hydrogen (secondary N) is 1. The van der Waals surface area contributed by atoms with Crippen molar-refractivity contribution in [3.05, 3.63) is 95.8 Å². The van der Waals surface area contributed by atoms with Gasteiger partial charge in [0.2, 0.25) is 0 Å². The molecule has 0 spiro atoms. The number of halogens is 1. The van der Waals surface area contributed by atoms with Crippen LogP contribution in [0.15, 0.2) is 78.9 Å². The van der Waals surface area contributed by atoms with Crippen LogP contribution >= 0.6 is 0 Å². The smallest absolute Gasteiger partial charge is 0.339 e. The molecule has 0 bridgehead atoms. The molecular formula is C29H25FN2O5. The minimum atomic E-state index is -0.694. The van der Waals surface area contributed by atoms with Gasteiger partial charge >= 0.3 is 11.9 Å². The van der Waals surface area contributed by atoms with E-state index >= 15 is 0 Å². The van der Waals surface area contributed by atoms with Gasteiger partial charge in [0.1, 0.15) is 5.82 Å². The highest BCUT2D eigenvalue weighted by atomic mass is 19.1. The maximum absolute atomic E-state index is 13.4. The van der Waals surface area contributed by atoms with Crippen LogP contribution in [0.3, 0.4) is 0 Å². The number of fused-ring (bicyclic) bond motifs is 1. The summed E-state index contributed by atoms with van der Waals surface area (Å²) < 4.78 is 23.8. The number of ether oxygens (including phenoxy) is 2. The van der Waals surface area contributed by atoms with Gasteiger partial charge in [0, 0.05) is 16.6 Å². The van der Waals surface area contributed by atoms with Crippen LogP contribution in [0.25, 0.3) is 22.2 Å². The molecular weight excluding hydrogens is 475 g/mol. The van der Waals surface area contributed by atoms with Crippen LogP contribution in [0.4, 0.5) is 10.1 Å². The molecule has 3 aromatic carbocycles. The predicted molar refractivity (Wildman–Crippen MR) is 138 cm³/mol. The number of nitrogens with zero attached hydrogens (tertiary/aromatic N) is 1. The monoisotopic (exact) mass is 500 g/mol. The van der Waals surface area contributed by atoms with Crippen molar-refractivity contribution >= 4 is 34.4 Å². The van der Waals surface area contributed by atoms with Gasteiger partial charge in [-0.15, -0.1) is 0 Å². The van der Waals surface area contributed by atoms with Gasteiger partial charge in [-0.2, -0.15) is 0 Å². The Bertz CT molecular complexity index is 1430. The molecule has 0 atom stereocenters. The number of esters is 2. The molecule has 0 unspecified atom stereocenters. The predicted octanol–water partition coefficient (Wildman–Crippen LogP) is 5.65. The molecule has 0 radical (unpaired) electrons. The number of rotatable bonds is 8. The number of amides is 1. The highest BCUT2D eigenvalue weighted by molar-refractivity contribution is 6.05. The molecule has 0 saturated carbocycles. The van der Waals surface area contributed by atoms with Gasteiger partial charge in [-0.1, -0.05) is 32.0 Å². The number of para-hydroxylation sites is 1. The Labute approximate surface area is 213 Å². The van der Waals surface area contributed by atoms with Gasteiger partial charge in [-0.05, 0) is 66.6 Å². The highest BCUT2D eigenvalue weighted by Crippen LogP contribution is 2.25. The second kappa shape index (κ2) is 11.4. The largest absolute Gasteiger partial charge is 0.462 e. The van der Waals surface area contributed by atoms with E-state index in [1.165, 1.54) is 12.1 Å². The third-order valence-electron chi connectivity index (χ3n) is 5.36. The molecule has 1 aromatic heterocycles. The van der Waals surface area contributed by atoms with E-state index in [-0.39, 0.29) is 17.3 Å². The van der Waals surface area contributed by atoms with Crippen molar-refractivity contribution in [2.24, 2.45) is 5.92 Å². The zero-order chi connectivity index (χ0) is 26.4. The summed E-state index contributed by atoms with van der Waals surface area (Å²) in [5.41, 5.74) is 2.72. The van der Waals surface area contributed by atoms with Gasteiger partial charge < -0.3 is 14.8 Å². The number of pyridine rings is 1. The van der Waals surface area contributed by atoms with Crippen LogP contribution < -0.4 is 5.32 Å². The zero-order valence-electron chi connectivity index (χ0n) is 20.4. The number of aromatic nitrogens is 1. The number of benzene rings is 3.